The van der Waals surface area contributed by atoms with Crippen LogP contribution in [-0.4, -0.2) is 25.9 Å². The number of amides is 1. The van der Waals surface area contributed by atoms with Crippen LogP contribution in [-0.2, 0) is 29.3 Å². The van der Waals surface area contributed by atoms with Gasteiger partial charge in [-0.05, 0) is 68.0 Å². The standard InChI is InChI=1S/C22H21N3O3S2/c26-21(15-6-2-1-3-7-15)25-13-12-16-14-17(10-11-19(16)25)30(27,28)24-22-23-18-8-4-5-9-20(18)29-22/h1-3,6-7,10-11,14H,4-5,8-9,12-13H2,(H,23,24). The molecule has 0 spiro atoms. The lowest BCUT2D eigenvalue weighted by atomic mass is 10.0. The van der Waals surface area contributed by atoms with Crippen molar-refractivity contribution in [2.24, 2.45) is 0 Å². The van der Waals surface area contributed by atoms with Crippen molar-refractivity contribution in [1.82, 2.24) is 4.98 Å². The molecule has 1 aliphatic carbocycles. The third-order valence-corrected chi connectivity index (χ3v) is 8.13. The molecule has 0 bridgehead atoms. The molecule has 8 heteroatoms. The second-order valence-corrected chi connectivity index (χ2v) is 10.3. The van der Waals surface area contributed by atoms with Gasteiger partial charge in [-0.1, -0.05) is 18.2 Å². The third-order valence-electron chi connectivity index (χ3n) is 5.59. The van der Waals surface area contributed by atoms with Gasteiger partial charge in [-0.15, -0.1) is 11.3 Å². The zero-order chi connectivity index (χ0) is 20.7. The van der Waals surface area contributed by atoms with E-state index in [0.29, 0.717) is 23.7 Å². The van der Waals surface area contributed by atoms with Crippen molar-refractivity contribution < 1.29 is 13.2 Å². The summed E-state index contributed by atoms with van der Waals surface area (Å²) in [4.78, 5) is 20.4. The van der Waals surface area contributed by atoms with Crippen LogP contribution in [0.4, 0.5) is 10.8 Å². The molecule has 1 aliphatic heterocycles. The Morgan fingerprint density at radius 3 is 2.63 bits per heavy atom. The fraction of sp³-hybridized carbons (Fsp3) is 0.273. The van der Waals surface area contributed by atoms with Crippen molar-refractivity contribution in [3.05, 3.63) is 70.2 Å². The summed E-state index contributed by atoms with van der Waals surface area (Å²) in [5, 5.41) is 0.434. The van der Waals surface area contributed by atoms with E-state index in [0.717, 1.165) is 42.6 Å². The van der Waals surface area contributed by atoms with Gasteiger partial charge in [0.25, 0.3) is 15.9 Å². The number of carbonyl (C=O) groups excluding carboxylic acids is 1. The number of benzene rings is 2. The van der Waals surface area contributed by atoms with Gasteiger partial charge in [-0.3, -0.25) is 9.52 Å². The van der Waals surface area contributed by atoms with Crippen LogP contribution in [0.1, 0.15) is 39.3 Å². The van der Waals surface area contributed by atoms with Crippen LogP contribution in [0, 0.1) is 0 Å². The highest BCUT2D eigenvalue weighted by atomic mass is 32.2. The molecule has 6 nitrogen and oxygen atoms in total. The molecule has 0 unspecified atom stereocenters. The molecule has 0 radical (unpaired) electrons. The van der Waals surface area contributed by atoms with Crippen LogP contribution in [0.2, 0.25) is 0 Å². The maximum atomic E-state index is 12.9. The number of aromatic nitrogens is 1. The molecule has 154 valence electrons. The predicted octanol–water partition coefficient (Wildman–Crippen LogP) is 4.03. The number of aryl methyl sites for hydroxylation is 2. The monoisotopic (exact) mass is 439 g/mol. The minimum absolute atomic E-state index is 0.0727. The Kier molecular flexibility index (Phi) is 4.83. The molecule has 3 aromatic rings. The minimum Gasteiger partial charge on any atom is -0.308 e. The van der Waals surface area contributed by atoms with Gasteiger partial charge in [-0.25, -0.2) is 13.4 Å². The van der Waals surface area contributed by atoms with Crippen LogP contribution in [0.25, 0.3) is 0 Å². The summed E-state index contributed by atoms with van der Waals surface area (Å²) in [5.74, 6) is -0.0727. The second kappa shape index (κ2) is 7.52. The molecule has 1 aromatic heterocycles. The molecule has 0 atom stereocenters. The number of hydrogen-bond donors (Lipinski definition) is 1. The summed E-state index contributed by atoms with van der Waals surface area (Å²) < 4.78 is 28.5. The summed E-state index contributed by atoms with van der Waals surface area (Å²) >= 11 is 1.43. The number of sulfonamides is 1. The van der Waals surface area contributed by atoms with Crippen molar-refractivity contribution in [3.63, 3.8) is 0 Å². The molecule has 0 saturated carbocycles. The maximum absolute atomic E-state index is 12.9. The van der Waals surface area contributed by atoms with E-state index in [1.807, 2.05) is 18.2 Å². The first-order valence-corrected chi connectivity index (χ1v) is 12.3. The van der Waals surface area contributed by atoms with Crippen LogP contribution < -0.4 is 9.62 Å². The first-order valence-electron chi connectivity index (χ1n) is 10.0. The molecule has 1 N–H and O–H groups in total. The molecule has 30 heavy (non-hydrogen) atoms. The third kappa shape index (κ3) is 3.50. The molecule has 5 rings (SSSR count). The first-order chi connectivity index (χ1) is 14.5. The number of thiazole rings is 1. The summed E-state index contributed by atoms with van der Waals surface area (Å²) in [6, 6.07) is 14.1. The van der Waals surface area contributed by atoms with Crippen LogP contribution in [0.15, 0.2) is 53.4 Å². The van der Waals surface area contributed by atoms with Gasteiger partial charge in [0, 0.05) is 22.7 Å². The maximum Gasteiger partial charge on any atom is 0.263 e. The van der Waals surface area contributed by atoms with E-state index in [1.54, 1.807) is 35.2 Å². The van der Waals surface area contributed by atoms with Gasteiger partial charge in [0.05, 0.1) is 10.6 Å². The van der Waals surface area contributed by atoms with E-state index >= 15 is 0 Å². The predicted molar refractivity (Wildman–Crippen MR) is 118 cm³/mol. The summed E-state index contributed by atoms with van der Waals surface area (Å²) in [7, 11) is -3.73. The first kappa shape index (κ1) is 19.3. The molecule has 0 saturated heterocycles. The molecule has 0 fully saturated rings. The van der Waals surface area contributed by atoms with Crippen molar-refractivity contribution in [1.29, 1.82) is 0 Å². The second-order valence-electron chi connectivity index (χ2n) is 7.56. The van der Waals surface area contributed by atoms with Gasteiger partial charge in [-0.2, -0.15) is 0 Å². The number of nitrogens with zero attached hydrogens (tertiary/aromatic N) is 2. The van der Waals surface area contributed by atoms with Crippen molar-refractivity contribution in [3.8, 4) is 0 Å². The lowest BCUT2D eigenvalue weighted by Crippen LogP contribution is -2.28. The van der Waals surface area contributed by atoms with Gasteiger partial charge >= 0.3 is 0 Å². The highest BCUT2D eigenvalue weighted by Gasteiger charge is 2.28. The highest BCUT2D eigenvalue weighted by molar-refractivity contribution is 7.93. The summed E-state index contributed by atoms with van der Waals surface area (Å²) in [6.07, 6.45) is 4.75. The van der Waals surface area contributed by atoms with E-state index in [4.69, 9.17) is 0 Å². The number of fused-ring (bicyclic) bond motifs is 2. The Morgan fingerprint density at radius 1 is 1.03 bits per heavy atom. The fourth-order valence-electron chi connectivity index (χ4n) is 4.06. The molecule has 2 aliphatic rings. The summed E-state index contributed by atoms with van der Waals surface area (Å²) in [6.45, 7) is 0.541. The van der Waals surface area contributed by atoms with E-state index < -0.39 is 10.0 Å². The van der Waals surface area contributed by atoms with Crippen molar-refractivity contribution >= 4 is 38.1 Å². The molecule has 2 aromatic carbocycles. The number of carbonyl (C=O) groups is 1. The quantitative estimate of drug-likeness (QED) is 0.666. The number of nitrogens with one attached hydrogen (secondary N) is 1. The van der Waals surface area contributed by atoms with Crippen molar-refractivity contribution in [2.75, 3.05) is 16.2 Å². The van der Waals surface area contributed by atoms with Crippen LogP contribution >= 0.6 is 11.3 Å². The van der Waals surface area contributed by atoms with E-state index in [2.05, 4.69) is 9.71 Å². The number of hydrogen-bond acceptors (Lipinski definition) is 5. The van der Waals surface area contributed by atoms with Gasteiger partial charge in [0.15, 0.2) is 5.13 Å². The van der Waals surface area contributed by atoms with Gasteiger partial charge in [0.1, 0.15) is 0 Å². The lowest BCUT2D eigenvalue weighted by Gasteiger charge is -2.17. The molecular formula is C22H21N3O3S2. The van der Waals surface area contributed by atoms with E-state index in [9.17, 15) is 13.2 Å². The van der Waals surface area contributed by atoms with Gasteiger partial charge in [0.2, 0.25) is 0 Å². The average Bonchev–Trinajstić information content (AvgIpc) is 3.36. The Hall–Kier alpha value is -2.71. The Bertz CT molecular complexity index is 1200. The highest BCUT2D eigenvalue weighted by Crippen LogP contribution is 2.33. The van der Waals surface area contributed by atoms with Gasteiger partial charge < -0.3 is 4.90 Å². The molecular weight excluding hydrogens is 418 g/mol. The smallest absolute Gasteiger partial charge is 0.263 e. The SMILES string of the molecule is O=C(c1ccccc1)N1CCc2cc(S(=O)(=O)Nc3nc4c(s3)CCCC4)ccc21. The topological polar surface area (TPSA) is 79.4 Å². The largest absolute Gasteiger partial charge is 0.308 e. The number of anilines is 2. The van der Waals surface area contributed by atoms with E-state index in [1.165, 1.54) is 16.2 Å². The Labute approximate surface area is 179 Å². The summed E-state index contributed by atoms with van der Waals surface area (Å²) in [5.41, 5.74) is 3.28. The zero-order valence-electron chi connectivity index (χ0n) is 16.3. The van der Waals surface area contributed by atoms with Crippen molar-refractivity contribution in [2.45, 2.75) is 37.0 Å². The minimum atomic E-state index is -3.73. The fourth-order valence-corrected chi connectivity index (χ4v) is 6.40. The lowest BCUT2D eigenvalue weighted by molar-refractivity contribution is 0.0989. The normalized spacial score (nSPS) is 15.5. The van der Waals surface area contributed by atoms with Crippen LogP contribution in [0.3, 0.4) is 0 Å². The average molecular weight is 440 g/mol. The zero-order valence-corrected chi connectivity index (χ0v) is 17.9. The Morgan fingerprint density at radius 2 is 1.83 bits per heavy atom. The van der Waals surface area contributed by atoms with E-state index in [-0.39, 0.29) is 10.8 Å². The molecule has 2 heterocycles. The number of rotatable bonds is 4. The Balaban J connectivity index is 1.39. The van der Waals surface area contributed by atoms with Crippen LogP contribution in [0.5, 0.6) is 0 Å². The molecule has 1 amide bonds.